The van der Waals surface area contributed by atoms with Crippen LogP contribution in [0, 0.1) is 0 Å². The number of hydrogen-bond donors (Lipinski definition) is 3. The molecule has 0 aromatic heterocycles. The summed E-state index contributed by atoms with van der Waals surface area (Å²) in [5.74, 6) is 0. The second-order valence-corrected chi connectivity index (χ2v) is 3.65. The SMILES string of the molecule is Nc1ccc(Br)cc1NCCCO. The van der Waals surface area contributed by atoms with E-state index in [0.29, 0.717) is 0 Å². The lowest BCUT2D eigenvalue weighted by atomic mass is 10.2. The molecule has 0 radical (unpaired) electrons. The fraction of sp³-hybridized carbons (Fsp3) is 0.333. The van der Waals surface area contributed by atoms with Gasteiger partial charge in [-0.15, -0.1) is 0 Å². The minimum atomic E-state index is 0.195. The van der Waals surface area contributed by atoms with Crippen LogP contribution in [0.1, 0.15) is 6.42 Å². The molecule has 1 rings (SSSR count). The maximum absolute atomic E-state index is 8.59. The summed E-state index contributed by atoms with van der Waals surface area (Å²) in [6, 6.07) is 5.66. The molecule has 0 bridgehead atoms. The summed E-state index contributed by atoms with van der Waals surface area (Å²) in [5, 5.41) is 11.7. The number of aliphatic hydroxyl groups is 1. The van der Waals surface area contributed by atoms with Gasteiger partial charge in [0.05, 0.1) is 11.4 Å². The molecule has 0 unspecified atom stereocenters. The molecule has 4 heteroatoms. The molecule has 3 nitrogen and oxygen atoms in total. The molecule has 4 N–H and O–H groups in total. The Morgan fingerprint density at radius 2 is 2.23 bits per heavy atom. The second kappa shape index (κ2) is 5.09. The summed E-state index contributed by atoms with van der Waals surface area (Å²) in [4.78, 5) is 0. The number of nitrogens with one attached hydrogen (secondary N) is 1. The van der Waals surface area contributed by atoms with Gasteiger partial charge in [0.15, 0.2) is 0 Å². The van der Waals surface area contributed by atoms with Crippen LogP contribution in [0.5, 0.6) is 0 Å². The highest BCUT2D eigenvalue weighted by molar-refractivity contribution is 9.10. The normalized spacial score (nSPS) is 10.0. The van der Waals surface area contributed by atoms with Crippen LogP contribution in [0.2, 0.25) is 0 Å². The zero-order valence-corrected chi connectivity index (χ0v) is 8.84. The van der Waals surface area contributed by atoms with Crippen molar-refractivity contribution in [2.45, 2.75) is 6.42 Å². The van der Waals surface area contributed by atoms with Crippen molar-refractivity contribution < 1.29 is 5.11 Å². The van der Waals surface area contributed by atoms with E-state index in [4.69, 9.17) is 10.8 Å². The van der Waals surface area contributed by atoms with Crippen molar-refractivity contribution in [2.24, 2.45) is 0 Å². The quantitative estimate of drug-likeness (QED) is 0.560. The summed E-state index contributed by atoms with van der Waals surface area (Å²) in [5.41, 5.74) is 7.35. The van der Waals surface area contributed by atoms with Crippen LogP contribution in [0.3, 0.4) is 0 Å². The van der Waals surface area contributed by atoms with Crippen LogP contribution in [-0.4, -0.2) is 18.3 Å². The predicted molar refractivity (Wildman–Crippen MR) is 58.7 cm³/mol. The molecule has 0 fully saturated rings. The Labute approximate surface area is 86.1 Å². The third-order valence-corrected chi connectivity index (χ3v) is 2.16. The van der Waals surface area contributed by atoms with E-state index >= 15 is 0 Å². The average Bonchev–Trinajstić information content (AvgIpc) is 2.11. The largest absolute Gasteiger partial charge is 0.397 e. The van der Waals surface area contributed by atoms with Crippen molar-refractivity contribution in [2.75, 3.05) is 24.2 Å². The fourth-order valence-electron chi connectivity index (χ4n) is 0.984. The molecular weight excluding hydrogens is 232 g/mol. The molecule has 0 aliphatic carbocycles. The van der Waals surface area contributed by atoms with Crippen LogP contribution in [0.15, 0.2) is 22.7 Å². The molecule has 0 aliphatic rings. The Morgan fingerprint density at radius 1 is 1.46 bits per heavy atom. The van der Waals surface area contributed by atoms with E-state index in [2.05, 4.69) is 21.2 Å². The molecule has 13 heavy (non-hydrogen) atoms. The van der Waals surface area contributed by atoms with E-state index in [0.717, 1.165) is 28.8 Å². The molecular formula is C9H13BrN2O. The lowest BCUT2D eigenvalue weighted by Crippen LogP contribution is -2.05. The molecule has 0 saturated carbocycles. The molecule has 0 heterocycles. The number of benzene rings is 1. The first kappa shape index (κ1) is 10.3. The van der Waals surface area contributed by atoms with Gasteiger partial charge in [-0.2, -0.15) is 0 Å². The zero-order valence-electron chi connectivity index (χ0n) is 7.26. The molecule has 1 aromatic rings. The lowest BCUT2D eigenvalue weighted by Gasteiger charge is -2.08. The molecule has 0 atom stereocenters. The highest BCUT2D eigenvalue weighted by atomic mass is 79.9. The first-order chi connectivity index (χ1) is 6.24. The fourth-order valence-corrected chi connectivity index (χ4v) is 1.34. The van der Waals surface area contributed by atoms with E-state index in [1.807, 2.05) is 18.2 Å². The topological polar surface area (TPSA) is 58.3 Å². The minimum absolute atomic E-state index is 0.195. The standard InChI is InChI=1S/C9H13BrN2O/c10-7-2-3-8(11)9(6-7)12-4-1-5-13/h2-3,6,12-13H,1,4-5,11H2. The number of rotatable bonds is 4. The Bertz CT molecular complexity index is 278. The van der Waals surface area contributed by atoms with Gasteiger partial charge < -0.3 is 16.2 Å². The van der Waals surface area contributed by atoms with Crippen molar-refractivity contribution in [3.63, 3.8) is 0 Å². The number of nitrogen functional groups attached to an aromatic ring is 1. The maximum Gasteiger partial charge on any atom is 0.0585 e. The van der Waals surface area contributed by atoms with Gasteiger partial charge in [0.25, 0.3) is 0 Å². The van der Waals surface area contributed by atoms with Crippen molar-refractivity contribution in [3.8, 4) is 0 Å². The number of nitrogens with two attached hydrogens (primary N) is 1. The van der Waals surface area contributed by atoms with Gasteiger partial charge in [-0.1, -0.05) is 15.9 Å². The Hall–Kier alpha value is -0.740. The monoisotopic (exact) mass is 244 g/mol. The van der Waals surface area contributed by atoms with Crippen LogP contribution >= 0.6 is 15.9 Å². The molecule has 0 saturated heterocycles. The first-order valence-electron chi connectivity index (χ1n) is 4.14. The Morgan fingerprint density at radius 3 is 2.92 bits per heavy atom. The van der Waals surface area contributed by atoms with Gasteiger partial charge in [-0.25, -0.2) is 0 Å². The molecule has 1 aromatic carbocycles. The minimum Gasteiger partial charge on any atom is -0.397 e. The van der Waals surface area contributed by atoms with Gasteiger partial charge in [-0.05, 0) is 24.6 Å². The van der Waals surface area contributed by atoms with Crippen molar-refractivity contribution >= 4 is 27.3 Å². The second-order valence-electron chi connectivity index (χ2n) is 2.74. The molecule has 72 valence electrons. The first-order valence-corrected chi connectivity index (χ1v) is 4.93. The summed E-state index contributed by atoms with van der Waals surface area (Å²) in [6.07, 6.45) is 0.728. The van der Waals surface area contributed by atoms with E-state index in [1.54, 1.807) is 0 Å². The van der Waals surface area contributed by atoms with Crippen LogP contribution in [0.25, 0.3) is 0 Å². The average molecular weight is 245 g/mol. The van der Waals surface area contributed by atoms with E-state index < -0.39 is 0 Å². The highest BCUT2D eigenvalue weighted by Crippen LogP contribution is 2.22. The smallest absolute Gasteiger partial charge is 0.0585 e. The molecule has 0 aliphatic heterocycles. The van der Waals surface area contributed by atoms with Gasteiger partial charge in [0, 0.05) is 17.6 Å². The Balaban J connectivity index is 2.59. The van der Waals surface area contributed by atoms with Crippen molar-refractivity contribution in [1.82, 2.24) is 0 Å². The van der Waals surface area contributed by atoms with Gasteiger partial charge in [0.2, 0.25) is 0 Å². The summed E-state index contributed by atoms with van der Waals surface area (Å²) < 4.78 is 0.994. The van der Waals surface area contributed by atoms with Gasteiger partial charge in [0.1, 0.15) is 0 Å². The maximum atomic E-state index is 8.59. The van der Waals surface area contributed by atoms with Crippen LogP contribution in [-0.2, 0) is 0 Å². The van der Waals surface area contributed by atoms with E-state index in [9.17, 15) is 0 Å². The number of hydrogen-bond acceptors (Lipinski definition) is 3. The number of anilines is 2. The summed E-state index contributed by atoms with van der Waals surface area (Å²) >= 11 is 3.36. The van der Waals surface area contributed by atoms with Crippen LogP contribution < -0.4 is 11.1 Å². The third kappa shape index (κ3) is 3.24. The third-order valence-electron chi connectivity index (χ3n) is 1.67. The lowest BCUT2D eigenvalue weighted by molar-refractivity contribution is 0.292. The van der Waals surface area contributed by atoms with Crippen molar-refractivity contribution in [3.05, 3.63) is 22.7 Å². The zero-order chi connectivity index (χ0) is 9.68. The van der Waals surface area contributed by atoms with Crippen LogP contribution in [0.4, 0.5) is 11.4 Å². The molecule has 0 spiro atoms. The Kier molecular flexibility index (Phi) is 4.05. The summed E-state index contributed by atoms with van der Waals surface area (Å²) in [7, 11) is 0. The van der Waals surface area contributed by atoms with E-state index in [-0.39, 0.29) is 6.61 Å². The number of aliphatic hydroxyl groups excluding tert-OH is 1. The van der Waals surface area contributed by atoms with Gasteiger partial charge in [-0.3, -0.25) is 0 Å². The summed E-state index contributed by atoms with van der Waals surface area (Å²) in [6.45, 7) is 0.929. The predicted octanol–water partition coefficient (Wildman–Crippen LogP) is 1.83. The van der Waals surface area contributed by atoms with Gasteiger partial charge >= 0.3 is 0 Å². The highest BCUT2D eigenvalue weighted by Gasteiger charge is 1.97. The molecule has 0 amide bonds. The van der Waals surface area contributed by atoms with E-state index in [1.165, 1.54) is 0 Å². The number of halogens is 1. The van der Waals surface area contributed by atoms with Crippen molar-refractivity contribution in [1.29, 1.82) is 0 Å².